The maximum Gasteiger partial charge on any atom is 0.261 e. The van der Waals surface area contributed by atoms with E-state index in [-0.39, 0.29) is 17.7 Å². The lowest BCUT2D eigenvalue weighted by Crippen LogP contribution is -2.38. The smallest absolute Gasteiger partial charge is 0.261 e. The fourth-order valence-electron chi connectivity index (χ4n) is 3.90. The lowest BCUT2D eigenvalue weighted by Gasteiger charge is -2.27. The molecule has 2 amide bonds. The Kier molecular flexibility index (Phi) is 4.36. The van der Waals surface area contributed by atoms with Gasteiger partial charge >= 0.3 is 0 Å². The van der Waals surface area contributed by atoms with Crippen LogP contribution in [0, 0.1) is 0 Å². The molecule has 2 heterocycles. The van der Waals surface area contributed by atoms with Gasteiger partial charge in [-0.2, -0.15) is 0 Å². The van der Waals surface area contributed by atoms with Gasteiger partial charge < -0.3 is 4.90 Å². The fraction of sp³-hybridized carbons (Fsp3) is 0.333. The quantitative estimate of drug-likeness (QED) is 0.789. The molecule has 2 aromatic carbocycles. The van der Waals surface area contributed by atoms with Crippen molar-refractivity contribution in [1.29, 1.82) is 0 Å². The third-order valence-corrected chi connectivity index (χ3v) is 5.23. The summed E-state index contributed by atoms with van der Waals surface area (Å²) in [5.41, 5.74) is 2.24. The van der Waals surface area contributed by atoms with Crippen LogP contribution < -0.4 is 0 Å². The highest BCUT2D eigenvalue weighted by Gasteiger charge is 2.37. The summed E-state index contributed by atoms with van der Waals surface area (Å²) in [6.45, 7) is 3.53. The molecular formula is C21H22N2O2. The second kappa shape index (κ2) is 6.81. The van der Waals surface area contributed by atoms with Gasteiger partial charge in [0, 0.05) is 19.0 Å². The van der Waals surface area contributed by atoms with E-state index in [1.807, 2.05) is 30.3 Å². The molecule has 1 fully saturated rings. The van der Waals surface area contributed by atoms with Crippen LogP contribution in [0.4, 0.5) is 0 Å². The molecule has 0 aromatic heterocycles. The number of imide groups is 1. The Labute approximate surface area is 148 Å². The molecule has 4 rings (SSSR count). The van der Waals surface area contributed by atoms with Crippen LogP contribution in [0.2, 0.25) is 0 Å². The molecule has 0 N–H and O–H groups in total. The summed E-state index contributed by atoms with van der Waals surface area (Å²) in [5.74, 6) is -0.188. The van der Waals surface area contributed by atoms with Gasteiger partial charge in [0.05, 0.1) is 11.1 Å². The predicted octanol–water partition coefficient (Wildman–Crippen LogP) is 3.16. The molecule has 0 spiro atoms. The van der Waals surface area contributed by atoms with Crippen LogP contribution in [0.3, 0.4) is 0 Å². The molecule has 1 atom stereocenters. The zero-order valence-corrected chi connectivity index (χ0v) is 14.2. The van der Waals surface area contributed by atoms with Gasteiger partial charge in [-0.1, -0.05) is 42.5 Å². The molecule has 0 aliphatic carbocycles. The third-order valence-electron chi connectivity index (χ3n) is 5.23. The minimum Gasteiger partial charge on any atom is -0.303 e. The lowest BCUT2D eigenvalue weighted by atomic mass is 9.97. The highest BCUT2D eigenvalue weighted by molar-refractivity contribution is 6.21. The van der Waals surface area contributed by atoms with Crippen molar-refractivity contribution in [2.24, 2.45) is 0 Å². The van der Waals surface area contributed by atoms with Gasteiger partial charge in [0.1, 0.15) is 0 Å². The van der Waals surface area contributed by atoms with Crippen molar-refractivity contribution < 1.29 is 9.59 Å². The summed E-state index contributed by atoms with van der Waals surface area (Å²) >= 11 is 0. The van der Waals surface area contributed by atoms with E-state index in [4.69, 9.17) is 0 Å². The summed E-state index contributed by atoms with van der Waals surface area (Å²) in [5, 5.41) is 0. The number of benzene rings is 2. The molecule has 0 radical (unpaired) electrons. The summed E-state index contributed by atoms with van der Waals surface area (Å²) in [4.78, 5) is 29.3. The summed E-state index contributed by atoms with van der Waals surface area (Å²) < 4.78 is 0. The van der Waals surface area contributed by atoms with Crippen LogP contribution in [-0.2, 0) is 0 Å². The van der Waals surface area contributed by atoms with E-state index in [0.29, 0.717) is 17.7 Å². The number of fused-ring (bicyclic) bond motifs is 1. The normalized spacial score (nSPS) is 18.6. The van der Waals surface area contributed by atoms with E-state index >= 15 is 0 Å². The Morgan fingerprint density at radius 3 is 1.92 bits per heavy atom. The first-order chi connectivity index (χ1) is 12.2. The molecule has 25 heavy (non-hydrogen) atoms. The van der Waals surface area contributed by atoms with Crippen molar-refractivity contribution in [3.8, 4) is 0 Å². The van der Waals surface area contributed by atoms with Crippen molar-refractivity contribution in [3.63, 3.8) is 0 Å². The highest BCUT2D eigenvalue weighted by Crippen LogP contribution is 2.27. The zero-order valence-electron chi connectivity index (χ0n) is 14.2. The number of likely N-dealkylation sites (tertiary alicyclic amines) is 1. The average molecular weight is 334 g/mol. The van der Waals surface area contributed by atoms with E-state index in [9.17, 15) is 9.59 Å². The molecule has 4 heteroatoms. The molecular weight excluding hydrogens is 312 g/mol. The van der Waals surface area contributed by atoms with Gasteiger partial charge in [0.25, 0.3) is 11.8 Å². The molecule has 1 unspecified atom stereocenters. The monoisotopic (exact) mass is 334 g/mol. The number of hydrogen-bond donors (Lipinski definition) is 0. The average Bonchev–Trinajstić information content (AvgIpc) is 3.25. The second-order valence-corrected chi connectivity index (χ2v) is 6.88. The van der Waals surface area contributed by atoms with Gasteiger partial charge in [-0.3, -0.25) is 14.5 Å². The Hall–Kier alpha value is -2.46. The van der Waals surface area contributed by atoms with Crippen molar-refractivity contribution >= 4 is 11.8 Å². The topological polar surface area (TPSA) is 40.6 Å². The van der Waals surface area contributed by atoms with Crippen LogP contribution in [0.25, 0.3) is 0 Å². The van der Waals surface area contributed by atoms with E-state index in [1.165, 1.54) is 23.3 Å². The number of carbonyl (C=O) groups is 2. The number of nitrogens with zero attached hydrogens (tertiary/aromatic N) is 2. The molecule has 1 saturated heterocycles. The molecule has 0 bridgehead atoms. The molecule has 0 saturated carbocycles. The fourth-order valence-corrected chi connectivity index (χ4v) is 3.90. The standard InChI is InChI=1S/C21H22N2O2/c24-20-18-10-4-5-11-19(18)21(25)23(20)15-17(14-22-12-6-7-13-22)16-8-2-1-3-9-16/h1-5,8-11,17H,6-7,12-15H2. The first kappa shape index (κ1) is 16.0. The SMILES string of the molecule is O=C1c2ccccc2C(=O)N1CC(CN1CCCC1)c1ccccc1. The van der Waals surface area contributed by atoms with Gasteiger partial charge in [-0.05, 0) is 43.6 Å². The third kappa shape index (κ3) is 3.10. The molecule has 2 aliphatic heterocycles. The van der Waals surface area contributed by atoms with Crippen LogP contribution in [0.15, 0.2) is 54.6 Å². The first-order valence-corrected chi connectivity index (χ1v) is 8.96. The number of amides is 2. The zero-order chi connectivity index (χ0) is 17.2. The van der Waals surface area contributed by atoms with Crippen LogP contribution in [-0.4, -0.2) is 47.8 Å². The summed E-state index contributed by atoms with van der Waals surface area (Å²) in [6.07, 6.45) is 2.46. The molecule has 2 aromatic rings. The van der Waals surface area contributed by atoms with Crippen molar-refractivity contribution in [1.82, 2.24) is 9.80 Å². The van der Waals surface area contributed by atoms with Gasteiger partial charge in [-0.15, -0.1) is 0 Å². The lowest BCUT2D eigenvalue weighted by molar-refractivity contribution is 0.0638. The molecule has 2 aliphatic rings. The van der Waals surface area contributed by atoms with E-state index in [0.717, 1.165) is 19.6 Å². The minimum absolute atomic E-state index is 0.140. The Bertz CT molecular complexity index is 746. The number of carbonyl (C=O) groups excluding carboxylic acids is 2. The number of hydrogen-bond acceptors (Lipinski definition) is 3. The predicted molar refractivity (Wildman–Crippen MR) is 96.7 cm³/mol. The minimum atomic E-state index is -0.164. The van der Waals surface area contributed by atoms with Crippen LogP contribution in [0.1, 0.15) is 45.0 Å². The van der Waals surface area contributed by atoms with E-state index in [2.05, 4.69) is 17.0 Å². The molecule has 4 nitrogen and oxygen atoms in total. The van der Waals surface area contributed by atoms with Gasteiger partial charge in [0.15, 0.2) is 0 Å². The number of rotatable bonds is 5. The van der Waals surface area contributed by atoms with Crippen LogP contribution >= 0.6 is 0 Å². The highest BCUT2D eigenvalue weighted by atomic mass is 16.2. The van der Waals surface area contributed by atoms with E-state index < -0.39 is 0 Å². The van der Waals surface area contributed by atoms with Crippen LogP contribution in [0.5, 0.6) is 0 Å². The molecule has 128 valence electrons. The Balaban J connectivity index is 1.58. The van der Waals surface area contributed by atoms with Crippen molar-refractivity contribution in [3.05, 3.63) is 71.3 Å². The Morgan fingerprint density at radius 1 is 0.760 bits per heavy atom. The maximum atomic E-state index is 12.7. The van der Waals surface area contributed by atoms with Gasteiger partial charge in [-0.25, -0.2) is 0 Å². The summed E-state index contributed by atoms with van der Waals surface area (Å²) in [7, 11) is 0. The second-order valence-electron chi connectivity index (χ2n) is 6.88. The summed E-state index contributed by atoms with van der Waals surface area (Å²) in [6, 6.07) is 17.3. The van der Waals surface area contributed by atoms with Crippen molar-refractivity contribution in [2.45, 2.75) is 18.8 Å². The first-order valence-electron chi connectivity index (χ1n) is 8.96. The van der Waals surface area contributed by atoms with E-state index in [1.54, 1.807) is 12.1 Å². The van der Waals surface area contributed by atoms with Gasteiger partial charge in [0.2, 0.25) is 0 Å². The largest absolute Gasteiger partial charge is 0.303 e. The maximum absolute atomic E-state index is 12.7. The van der Waals surface area contributed by atoms with Crippen molar-refractivity contribution in [2.75, 3.05) is 26.2 Å². The Morgan fingerprint density at radius 2 is 1.32 bits per heavy atom.